The van der Waals surface area contributed by atoms with E-state index in [1.807, 2.05) is 41.1 Å². The van der Waals surface area contributed by atoms with Crippen LogP contribution in [0, 0.1) is 0 Å². The first-order chi connectivity index (χ1) is 12.3. The highest BCUT2D eigenvalue weighted by Gasteiger charge is 2.11. The van der Waals surface area contributed by atoms with Crippen molar-refractivity contribution in [3.63, 3.8) is 0 Å². The summed E-state index contributed by atoms with van der Waals surface area (Å²) < 4.78 is 1.58. The minimum absolute atomic E-state index is 0.106. The van der Waals surface area contributed by atoms with Crippen LogP contribution in [0.15, 0.2) is 53.5 Å². The lowest BCUT2D eigenvalue weighted by molar-refractivity contribution is -0.122. The van der Waals surface area contributed by atoms with Gasteiger partial charge in [0.1, 0.15) is 12.1 Å². The molecule has 0 aliphatic carbocycles. The third kappa shape index (κ3) is 3.24. The van der Waals surface area contributed by atoms with Crippen LogP contribution in [0.1, 0.15) is 5.69 Å². The average Bonchev–Trinajstić information content (AvgIpc) is 3.31. The number of amides is 1. The summed E-state index contributed by atoms with van der Waals surface area (Å²) in [7, 11) is 0. The summed E-state index contributed by atoms with van der Waals surface area (Å²) in [6.07, 6.45) is 3.28. The zero-order valence-electron chi connectivity index (χ0n) is 13.2. The number of aromatic nitrogens is 5. The van der Waals surface area contributed by atoms with E-state index in [1.54, 1.807) is 28.4 Å². The van der Waals surface area contributed by atoms with Crippen molar-refractivity contribution in [2.45, 2.75) is 13.1 Å². The van der Waals surface area contributed by atoms with Crippen molar-refractivity contribution in [2.24, 2.45) is 0 Å². The second-order valence-corrected chi connectivity index (χ2v) is 6.16. The molecular formula is C17H14N6OS. The van der Waals surface area contributed by atoms with Gasteiger partial charge in [0.2, 0.25) is 5.91 Å². The van der Waals surface area contributed by atoms with Gasteiger partial charge in [-0.25, -0.2) is 4.68 Å². The predicted octanol–water partition coefficient (Wildman–Crippen LogP) is 2.27. The van der Waals surface area contributed by atoms with E-state index in [0.29, 0.717) is 6.54 Å². The number of nitrogens with zero attached hydrogens (tertiary/aromatic N) is 5. The van der Waals surface area contributed by atoms with Gasteiger partial charge in [-0.3, -0.25) is 14.8 Å². The number of para-hydroxylation sites is 1. The quantitative estimate of drug-likeness (QED) is 0.597. The van der Waals surface area contributed by atoms with Crippen LogP contribution < -0.4 is 5.32 Å². The molecule has 0 saturated carbocycles. The van der Waals surface area contributed by atoms with Crippen molar-refractivity contribution in [1.82, 2.24) is 30.3 Å². The van der Waals surface area contributed by atoms with Crippen molar-refractivity contribution >= 4 is 28.3 Å². The number of hydrogen-bond donors (Lipinski definition) is 1. The average molecular weight is 350 g/mol. The molecule has 0 atom stereocenters. The molecule has 0 aliphatic rings. The largest absolute Gasteiger partial charge is 0.349 e. The fourth-order valence-corrected chi connectivity index (χ4v) is 3.19. The molecule has 25 heavy (non-hydrogen) atoms. The van der Waals surface area contributed by atoms with Gasteiger partial charge in [0.15, 0.2) is 0 Å². The molecule has 0 radical (unpaired) electrons. The third-order valence-corrected chi connectivity index (χ3v) is 4.42. The van der Waals surface area contributed by atoms with E-state index in [4.69, 9.17) is 0 Å². The maximum Gasteiger partial charge on any atom is 0.242 e. The van der Waals surface area contributed by atoms with Gasteiger partial charge in [-0.15, -0.1) is 5.10 Å². The highest BCUT2D eigenvalue weighted by molar-refractivity contribution is 7.08. The van der Waals surface area contributed by atoms with E-state index < -0.39 is 0 Å². The Morgan fingerprint density at radius 2 is 2.04 bits per heavy atom. The fraction of sp³-hybridized carbons (Fsp3) is 0.118. The predicted molar refractivity (Wildman–Crippen MR) is 94.7 cm³/mol. The van der Waals surface area contributed by atoms with Crippen molar-refractivity contribution in [1.29, 1.82) is 0 Å². The van der Waals surface area contributed by atoms with Crippen LogP contribution in [0.4, 0.5) is 0 Å². The number of rotatable bonds is 5. The van der Waals surface area contributed by atoms with Crippen LogP contribution in [-0.2, 0) is 17.9 Å². The van der Waals surface area contributed by atoms with Gasteiger partial charge in [-0.1, -0.05) is 17.3 Å². The van der Waals surface area contributed by atoms with E-state index in [2.05, 4.69) is 25.6 Å². The lowest BCUT2D eigenvalue weighted by Crippen LogP contribution is -2.28. The molecule has 3 heterocycles. The molecule has 0 spiro atoms. The van der Waals surface area contributed by atoms with Crippen molar-refractivity contribution < 1.29 is 4.79 Å². The molecular weight excluding hydrogens is 336 g/mol. The normalized spacial score (nSPS) is 10.9. The van der Waals surface area contributed by atoms with Crippen LogP contribution in [0.3, 0.4) is 0 Å². The van der Waals surface area contributed by atoms with E-state index in [9.17, 15) is 4.79 Å². The summed E-state index contributed by atoms with van der Waals surface area (Å²) in [5.41, 5.74) is 4.12. The number of carbonyl (C=O) groups is 1. The van der Waals surface area contributed by atoms with Crippen LogP contribution in [0.2, 0.25) is 0 Å². The summed E-state index contributed by atoms with van der Waals surface area (Å²) in [5.74, 6) is -0.155. The van der Waals surface area contributed by atoms with Gasteiger partial charge in [-0.2, -0.15) is 11.3 Å². The molecule has 1 N–H and O–H groups in total. The topological polar surface area (TPSA) is 85.6 Å². The second kappa shape index (κ2) is 6.78. The Bertz CT molecular complexity index is 1010. The zero-order chi connectivity index (χ0) is 17.1. The van der Waals surface area contributed by atoms with Crippen LogP contribution in [-0.4, -0.2) is 30.9 Å². The van der Waals surface area contributed by atoms with Gasteiger partial charge in [-0.05, 0) is 23.6 Å². The summed E-state index contributed by atoms with van der Waals surface area (Å²) >= 11 is 1.60. The number of nitrogens with one attached hydrogen (secondary N) is 1. The molecule has 1 amide bonds. The first-order valence-electron chi connectivity index (χ1n) is 7.68. The SMILES string of the molecule is O=C(Cn1nnc2ccccc21)NCc1nccnc1-c1ccsc1. The molecule has 7 nitrogen and oxygen atoms in total. The Kier molecular flexibility index (Phi) is 4.17. The van der Waals surface area contributed by atoms with Crippen LogP contribution in [0.25, 0.3) is 22.3 Å². The lowest BCUT2D eigenvalue weighted by Gasteiger charge is -2.08. The standard InChI is InChI=1S/C17H14N6OS/c24-16(10-23-15-4-2-1-3-13(15)21-22-23)20-9-14-17(19-7-6-18-14)12-5-8-25-11-12/h1-8,11H,9-10H2,(H,20,24). The van der Waals surface area contributed by atoms with E-state index >= 15 is 0 Å². The minimum Gasteiger partial charge on any atom is -0.349 e. The van der Waals surface area contributed by atoms with Crippen LogP contribution >= 0.6 is 11.3 Å². The molecule has 8 heteroatoms. The molecule has 0 bridgehead atoms. The maximum absolute atomic E-state index is 12.3. The second-order valence-electron chi connectivity index (χ2n) is 5.38. The van der Waals surface area contributed by atoms with Gasteiger partial charge >= 0.3 is 0 Å². The van der Waals surface area contributed by atoms with Crippen molar-refractivity contribution in [2.75, 3.05) is 0 Å². The van der Waals surface area contributed by atoms with Gasteiger partial charge < -0.3 is 5.32 Å². The molecule has 0 fully saturated rings. The fourth-order valence-electron chi connectivity index (χ4n) is 2.54. The Morgan fingerprint density at radius 1 is 1.16 bits per heavy atom. The smallest absolute Gasteiger partial charge is 0.242 e. The number of fused-ring (bicyclic) bond motifs is 1. The number of carbonyl (C=O) groups excluding carboxylic acids is 1. The molecule has 1 aromatic carbocycles. The summed E-state index contributed by atoms with van der Waals surface area (Å²) in [4.78, 5) is 21.0. The first kappa shape index (κ1) is 15.4. The third-order valence-electron chi connectivity index (χ3n) is 3.74. The molecule has 4 aromatic rings. The van der Waals surface area contributed by atoms with E-state index in [1.165, 1.54) is 0 Å². The minimum atomic E-state index is -0.155. The maximum atomic E-state index is 12.3. The summed E-state index contributed by atoms with van der Waals surface area (Å²) in [6, 6.07) is 9.53. The van der Waals surface area contributed by atoms with Crippen molar-refractivity contribution in [3.05, 3.63) is 59.2 Å². The van der Waals surface area contributed by atoms with Crippen molar-refractivity contribution in [3.8, 4) is 11.3 Å². The zero-order valence-corrected chi connectivity index (χ0v) is 14.0. The first-order valence-corrected chi connectivity index (χ1v) is 8.63. The monoisotopic (exact) mass is 350 g/mol. The highest BCUT2D eigenvalue weighted by atomic mass is 32.1. The molecule has 0 aliphatic heterocycles. The molecule has 3 aromatic heterocycles. The Labute approximate surface area is 147 Å². The number of benzene rings is 1. The molecule has 4 rings (SSSR count). The highest BCUT2D eigenvalue weighted by Crippen LogP contribution is 2.22. The lowest BCUT2D eigenvalue weighted by atomic mass is 10.2. The molecule has 0 saturated heterocycles. The van der Waals surface area contributed by atoms with Gasteiger partial charge in [0.05, 0.1) is 23.4 Å². The summed E-state index contributed by atoms with van der Waals surface area (Å²) in [6.45, 7) is 0.416. The summed E-state index contributed by atoms with van der Waals surface area (Å²) in [5, 5.41) is 15.0. The van der Waals surface area contributed by atoms with E-state index in [-0.39, 0.29) is 12.5 Å². The molecule has 0 unspecified atom stereocenters. The Hall–Kier alpha value is -3.13. The van der Waals surface area contributed by atoms with Gasteiger partial charge in [0, 0.05) is 23.3 Å². The molecule has 124 valence electrons. The van der Waals surface area contributed by atoms with Gasteiger partial charge in [0.25, 0.3) is 0 Å². The van der Waals surface area contributed by atoms with Crippen LogP contribution in [0.5, 0.6) is 0 Å². The Morgan fingerprint density at radius 3 is 2.92 bits per heavy atom. The van der Waals surface area contributed by atoms with E-state index in [0.717, 1.165) is 28.0 Å². The number of hydrogen-bond acceptors (Lipinski definition) is 6. The number of thiophene rings is 1. The Balaban J connectivity index is 1.46.